The predicted molar refractivity (Wildman–Crippen MR) is 172 cm³/mol. The Morgan fingerprint density at radius 2 is 1.06 bits per heavy atom. The number of halogens is 6. The molecule has 0 radical (unpaired) electrons. The maximum absolute atomic E-state index is 14.1. The van der Waals surface area contributed by atoms with E-state index in [0.717, 1.165) is 12.2 Å². The Balaban J connectivity index is 1.48. The van der Waals surface area contributed by atoms with Gasteiger partial charge < -0.3 is 28.4 Å². The van der Waals surface area contributed by atoms with Gasteiger partial charge >= 0.3 is 36.2 Å². The maximum atomic E-state index is 14.1. The molecule has 0 bridgehead atoms. The van der Waals surface area contributed by atoms with E-state index in [4.69, 9.17) is 28.4 Å². The first kappa shape index (κ1) is 42.3. The molecule has 0 unspecified atom stereocenters. The number of carbonyl (C=O) groups is 4. The van der Waals surface area contributed by atoms with Crippen molar-refractivity contribution in [1.82, 2.24) is 0 Å². The van der Waals surface area contributed by atoms with Crippen LogP contribution in [0.3, 0.4) is 0 Å². The lowest BCUT2D eigenvalue weighted by molar-refractivity contribution is -0.165. The molecule has 0 atom stereocenters. The van der Waals surface area contributed by atoms with Crippen molar-refractivity contribution < 1.29 is 73.9 Å². The van der Waals surface area contributed by atoms with Crippen molar-refractivity contribution in [2.75, 3.05) is 26.4 Å². The first-order chi connectivity index (χ1) is 24.6. The molecule has 3 rings (SSSR count). The highest BCUT2D eigenvalue weighted by Crippen LogP contribution is 2.49. The number of hydrogen-bond donors (Lipinski definition) is 0. The highest BCUT2D eigenvalue weighted by molar-refractivity contribution is 5.81. The zero-order chi connectivity index (χ0) is 38.3. The van der Waals surface area contributed by atoms with Gasteiger partial charge in [-0.3, -0.25) is 9.59 Å². The summed E-state index contributed by atoms with van der Waals surface area (Å²) in [5.74, 6) is -6.30. The van der Waals surface area contributed by atoms with Crippen molar-refractivity contribution in [2.45, 2.75) is 102 Å². The van der Waals surface area contributed by atoms with Crippen LogP contribution in [0, 0.1) is 11.8 Å². The summed E-state index contributed by atoms with van der Waals surface area (Å²) in [5, 5.41) is 0. The average molecular weight is 751 g/mol. The van der Waals surface area contributed by atoms with E-state index >= 15 is 0 Å². The Hall–Kier alpha value is -4.08. The van der Waals surface area contributed by atoms with Crippen LogP contribution in [0.15, 0.2) is 37.4 Å². The Bertz CT molecular complexity index is 1380. The number of rotatable bonds is 18. The third-order valence-electron chi connectivity index (χ3n) is 8.71. The minimum Gasteiger partial charge on any atom is -0.493 e. The van der Waals surface area contributed by atoms with Crippen LogP contribution in [-0.4, -0.2) is 62.5 Å². The van der Waals surface area contributed by atoms with Crippen LogP contribution < -0.4 is 9.47 Å². The highest BCUT2D eigenvalue weighted by atomic mass is 19.4. The third-order valence-corrected chi connectivity index (χ3v) is 8.71. The van der Waals surface area contributed by atoms with E-state index in [1.54, 1.807) is 0 Å². The Morgan fingerprint density at radius 1 is 0.615 bits per heavy atom. The third kappa shape index (κ3) is 13.5. The van der Waals surface area contributed by atoms with E-state index in [0.29, 0.717) is 57.3 Å². The number of hydrogen-bond acceptors (Lipinski definition) is 10. The fraction of sp³-hybridized carbons (Fsp3) is 0.611. The molecule has 0 spiro atoms. The van der Waals surface area contributed by atoms with Crippen molar-refractivity contribution >= 4 is 23.9 Å². The second-order valence-corrected chi connectivity index (χ2v) is 12.5. The summed E-state index contributed by atoms with van der Waals surface area (Å²) in [4.78, 5) is 47.9. The second-order valence-electron chi connectivity index (χ2n) is 12.5. The Morgan fingerprint density at radius 3 is 1.58 bits per heavy atom. The minimum atomic E-state index is -5.56. The van der Waals surface area contributed by atoms with Gasteiger partial charge in [0.1, 0.15) is 28.7 Å². The molecule has 0 heterocycles. The van der Waals surface area contributed by atoms with Gasteiger partial charge in [-0.25, -0.2) is 9.59 Å². The van der Waals surface area contributed by atoms with Crippen LogP contribution in [0.1, 0.15) is 88.2 Å². The monoisotopic (exact) mass is 750 g/mol. The Kier molecular flexibility index (Phi) is 16.5. The summed E-state index contributed by atoms with van der Waals surface area (Å²) in [5.41, 5.74) is -4.30. The molecule has 0 N–H and O–H groups in total. The second kappa shape index (κ2) is 20.2. The maximum Gasteiger partial charge on any atom is 0.420 e. The molecular formula is C36H44F6O10. The van der Waals surface area contributed by atoms with Crippen LogP contribution in [0.25, 0.3) is 0 Å². The van der Waals surface area contributed by atoms with Crippen LogP contribution >= 0.6 is 0 Å². The van der Waals surface area contributed by atoms with Crippen LogP contribution in [-0.2, 0) is 50.5 Å². The molecule has 2 aliphatic carbocycles. The quantitative estimate of drug-likeness (QED) is 0.0368. The molecule has 1 aromatic rings. The van der Waals surface area contributed by atoms with Gasteiger partial charge in [-0.15, -0.1) is 0 Å². The molecule has 2 saturated carbocycles. The predicted octanol–water partition coefficient (Wildman–Crippen LogP) is 7.70. The molecule has 52 heavy (non-hydrogen) atoms. The molecule has 2 fully saturated rings. The van der Waals surface area contributed by atoms with Gasteiger partial charge in [0.15, 0.2) is 0 Å². The molecule has 0 aromatic heterocycles. The lowest BCUT2D eigenvalue weighted by atomic mass is 9.86. The van der Waals surface area contributed by atoms with E-state index in [9.17, 15) is 45.5 Å². The Labute approximate surface area is 297 Å². The van der Waals surface area contributed by atoms with E-state index in [-0.39, 0.29) is 69.7 Å². The standard InChI is InChI=1S/C36H44F6O10/c1-3-29(43)49-21-7-5-19-47-25-13-9-23(10-14-25)33(45)51-26-15-11-24(12-16-26)34(46)52-28-18-17-27(48-20-6-8-22-50-30(44)4-2)31(35(37,38)39)32(28)36(40,41)42/h3-4,17-18,23-26H,1-2,5-16,19-22H2. The van der Waals surface area contributed by atoms with Gasteiger partial charge in [-0.1, -0.05) is 13.2 Å². The summed E-state index contributed by atoms with van der Waals surface area (Å²) in [7, 11) is 0. The van der Waals surface area contributed by atoms with Crippen LogP contribution in [0.2, 0.25) is 0 Å². The molecule has 0 aliphatic heterocycles. The molecule has 1 aromatic carbocycles. The molecule has 16 heteroatoms. The first-order valence-electron chi connectivity index (χ1n) is 17.2. The van der Waals surface area contributed by atoms with Gasteiger partial charge in [-0.05, 0) is 89.2 Å². The molecular weight excluding hydrogens is 706 g/mol. The van der Waals surface area contributed by atoms with Crippen molar-refractivity contribution in [1.29, 1.82) is 0 Å². The number of carbonyl (C=O) groups excluding carboxylic acids is 4. The minimum absolute atomic E-state index is 0.00189. The average Bonchev–Trinajstić information content (AvgIpc) is 3.10. The number of ether oxygens (including phenoxy) is 6. The van der Waals surface area contributed by atoms with Crippen LogP contribution in [0.4, 0.5) is 26.3 Å². The molecule has 2 aliphatic rings. The van der Waals surface area contributed by atoms with E-state index in [1.165, 1.54) is 0 Å². The molecule has 10 nitrogen and oxygen atoms in total. The van der Waals surface area contributed by atoms with E-state index < -0.39 is 71.5 Å². The number of alkyl halides is 6. The van der Waals surface area contributed by atoms with Crippen LogP contribution in [0.5, 0.6) is 11.5 Å². The smallest absolute Gasteiger partial charge is 0.420 e. The lowest BCUT2D eigenvalue weighted by Gasteiger charge is -2.31. The van der Waals surface area contributed by atoms with E-state index in [2.05, 4.69) is 13.2 Å². The van der Waals surface area contributed by atoms with Gasteiger partial charge in [0.2, 0.25) is 0 Å². The molecule has 290 valence electrons. The summed E-state index contributed by atoms with van der Waals surface area (Å²) in [6, 6.07) is 1.29. The number of esters is 4. The zero-order valence-electron chi connectivity index (χ0n) is 28.7. The number of benzene rings is 1. The highest BCUT2D eigenvalue weighted by Gasteiger charge is 2.49. The van der Waals surface area contributed by atoms with Gasteiger partial charge in [0.05, 0.1) is 37.8 Å². The SMILES string of the molecule is C=CC(=O)OCCCCOc1ccc(OC(=O)C2CCC(OC(=O)C3CCC(OCCCCOC(=O)C=C)CC3)CC2)c(C(F)(F)F)c1C(F)(F)F. The van der Waals surface area contributed by atoms with Gasteiger partial charge in [-0.2, -0.15) is 26.3 Å². The van der Waals surface area contributed by atoms with E-state index in [1.807, 2.05) is 0 Å². The number of unbranched alkanes of at least 4 members (excludes halogenated alkanes) is 2. The fourth-order valence-corrected chi connectivity index (χ4v) is 5.97. The van der Waals surface area contributed by atoms with Crippen molar-refractivity contribution in [2.24, 2.45) is 11.8 Å². The first-order valence-corrected chi connectivity index (χ1v) is 17.2. The lowest BCUT2D eigenvalue weighted by Crippen LogP contribution is -2.33. The molecule has 0 amide bonds. The summed E-state index contributed by atoms with van der Waals surface area (Å²) in [6.45, 7) is 6.82. The van der Waals surface area contributed by atoms with Gasteiger partial charge in [0.25, 0.3) is 0 Å². The largest absolute Gasteiger partial charge is 0.493 e. The summed E-state index contributed by atoms with van der Waals surface area (Å²) < 4.78 is 116. The zero-order valence-corrected chi connectivity index (χ0v) is 28.7. The molecule has 0 saturated heterocycles. The van der Waals surface area contributed by atoms with Crippen molar-refractivity contribution in [3.05, 3.63) is 48.6 Å². The summed E-state index contributed by atoms with van der Waals surface area (Å²) >= 11 is 0. The van der Waals surface area contributed by atoms with Crippen molar-refractivity contribution in [3.8, 4) is 11.5 Å². The normalized spacial score (nSPS) is 20.7. The summed E-state index contributed by atoms with van der Waals surface area (Å²) in [6.07, 6.45) is -4.84. The van der Waals surface area contributed by atoms with Crippen molar-refractivity contribution in [3.63, 3.8) is 0 Å². The fourth-order valence-electron chi connectivity index (χ4n) is 5.97. The topological polar surface area (TPSA) is 124 Å². The van der Waals surface area contributed by atoms with Gasteiger partial charge in [0, 0.05) is 18.8 Å².